The fourth-order valence-electron chi connectivity index (χ4n) is 3.03. The minimum Gasteiger partial charge on any atom is -0.319 e. The van der Waals surface area contributed by atoms with Crippen LogP contribution in [0.15, 0.2) is 46.9 Å². The van der Waals surface area contributed by atoms with Crippen molar-refractivity contribution in [2.75, 3.05) is 0 Å². The minimum absolute atomic E-state index is 0.236. The predicted molar refractivity (Wildman–Crippen MR) is 96.5 cm³/mol. The summed E-state index contributed by atoms with van der Waals surface area (Å²) in [6.45, 7) is 6.01. The molecule has 1 fully saturated rings. The lowest BCUT2D eigenvalue weighted by Gasteiger charge is -2.23. The van der Waals surface area contributed by atoms with Crippen molar-refractivity contribution in [3.05, 3.63) is 69.2 Å². The van der Waals surface area contributed by atoms with Crippen LogP contribution in [0.5, 0.6) is 0 Å². The number of hydrogen-bond acceptors (Lipinski definition) is 2. The number of carbonyl (C=O) groups excluding carboxylic acids is 2. The molecule has 0 aromatic heterocycles. The van der Waals surface area contributed by atoms with Gasteiger partial charge < -0.3 is 5.32 Å². The average Bonchev–Trinajstić information content (AvgIpc) is 2.75. The molecule has 1 aliphatic heterocycles. The first kappa shape index (κ1) is 16.7. The van der Waals surface area contributed by atoms with E-state index in [4.69, 9.17) is 0 Å². The molecule has 0 spiro atoms. The molecule has 3 amide bonds. The maximum atomic E-state index is 13.0. The normalized spacial score (nSPS) is 20.4. The lowest BCUT2D eigenvalue weighted by molar-refractivity contribution is -0.131. The molecule has 1 saturated heterocycles. The molecule has 5 heteroatoms. The Morgan fingerprint density at radius 3 is 2.54 bits per heavy atom. The van der Waals surface area contributed by atoms with Crippen molar-refractivity contribution in [3.63, 3.8) is 0 Å². The Bertz CT molecular complexity index is 834. The molecule has 1 atom stereocenters. The number of nitrogens with zero attached hydrogens (tertiary/aromatic N) is 1. The summed E-state index contributed by atoms with van der Waals surface area (Å²) < 4.78 is 0.801. The summed E-state index contributed by atoms with van der Waals surface area (Å²) >= 11 is 3.47. The smallest absolute Gasteiger partial charge is 0.319 e. The summed E-state index contributed by atoms with van der Waals surface area (Å²) in [6, 6.07) is 13.1. The highest BCUT2D eigenvalue weighted by atomic mass is 79.9. The molecule has 0 unspecified atom stereocenters. The Morgan fingerprint density at radius 1 is 1.12 bits per heavy atom. The maximum Gasteiger partial charge on any atom is 0.325 e. The quantitative estimate of drug-likeness (QED) is 0.809. The molecule has 0 radical (unpaired) electrons. The fourth-order valence-corrected chi connectivity index (χ4v) is 3.71. The summed E-state index contributed by atoms with van der Waals surface area (Å²) in [7, 11) is 0. The predicted octanol–water partition coefficient (Wildman–Crippen LogP) is 4.03. The van der Waals surface area contributed by atoms with E-state index in [1.54, 1.807) is 6.92 Å². The number of imide groups is 1. The van der Waals surface area contributed by atoms with Crippen molar-refractivity contribution < 1.29 is 9.59 Å². The van der Waals surface area contributed by atoms with Crippen LogP contribution in [0.3, 0.4) is 0 Å². The van der Waals surface area contributed by atoms with Crippen molar-refractivity contribution in [2.45, 2.75) is 32.9 Å². The van der Waals surface area contributed by atoms with Gasteiger partial charge in [-0.05, 0) is 38.0 Å². The van der Waals surface area contributed by atoms with Crippen LogP contribution in [0, 0.1) is 13.8 Å². The topological polar surface area (TPSA) is 49.4 Å². The standard InChI is InChI=1S/C19H19BrN2O2/c1-12-8-9-13(2)14(10-12)11-22-17(23)19(3,21-18(22)24)15-6-4-5-7-16(15)20/h4-10H,11H2,1-3H3,(H,21,24)/t19-/m1/s1. The highest BCUT2D eigenvalue weighted by Crippen LogP contribution is 2.34. The third-order valence-electron chi connectivity index (χ3n) is 4.52. The van der Waals surface area contributed by atoms with Crippen LogP contribution in [0.2, 0.25) is 0 Å². The van der Waals surface area contributed by atoms with Gasteiger partial charge in [0.15, 0.2) is 0 Å². The summed E-state index contributed by atoms with van der Waals surface area (Å²) in [4.78, 5) is 26.8. The third kappa shape index (κ3) is 2.73. The van der Waals surface area contributed by atoms with Gasteiger partial charge in [-0.2, -0.15) is 0 Å². The average molecular weight is 387 g/mol. The van der Waals surface area contributed by atoms with Gasteiger partial charge in [0.2, 0.25) is 0 Å². The minimum atomic E-state index is -1.06. The number of rotatable bonds is 3. The van der Waals surface area contributed by atoms with Crippen molar-refractivity contribution >= 4 is 27.9 Å². The number of hydrogen-bond donors (Lipinski definition) is 1. The second-order valence-corrected chi connectivity index (χ2v) is 7.21. The van der Waals surface area contributed by atoms with Crippen molar-refractivity contribution in [1.29, 1.82) is 0 Å². The second-order valence-electron chi connectivity index (χ2n) is 6.36. The van der Waals surface area contributed by atoms with Crippen molar-refractivity contribution in [3.8, 4) is 0 Å². The maximum absolute atomic E-state index is 13.0. The zero-order valence-corrected chi connectivity index (χ0v) is 15.5. The largest absolute Gasteiger partial charge is 0.325 e. The van der Waals surface area contributed by atoms with Gasteiger partial charge in [-0.15, -0.1) is 0 Å². The van der Waals surface area contributed by atoms with Crippen LogP contribution >= 0.6 is 15.9 Å². The monoisotopic (exact) mass is 386 g/mol. The molecule has 0 aliphatic carbocycles. The first-order valence-electron chi connectivity index (χ1n) is 7.78. The molecular weight excluding hydrogens is 368 g/mol. The SMILES string of the molecule is Cc1ccc(C)c(CN2C(=O)N[C@](C)(c3ccccc3Br)C2=O)c1. The number of benzene rings is 2. The molecule has 0 bridgehead atoms. The third-order valence-corrected chi connectivity index (χ3v) is 5.21. The van der Waals surface area contributed by atoms with E-state index >= 15 is 0 Å². The van der Waals surface area contributed by atoms with E-state index in [2.05, 4.69) is 21.2 Å². The van der Waals surface area contributed by atoms with Crippen LogP contribution in [-0.4, -0.2) is 16.8 Å². The molecule has 2 aromatic rings. The first-order chi connectivity index (χ1) is 11.3. The van der Waals surface area contributed by atoms with Crippen molar-refractivity contribution in [2.24, 2.45) is 0 Å². The Hall–Kier alpha value is -2.14. The second kappa shape index (κ2) is 6.06. The number of nitrogens with one attached hydrogen (secondary N) is 1. The highest BCUT2D eigenvalue weighted by molar-refractivity contribution is 9.10. The van der Waals surface area contributed by atoms with Crippen molar-refractivity contribution in [1.82, 2.24) is 10.2 Å². The lowest BCUT2D eigenvalue weighted by Crippen LogP contribution is -2.41. The van der Waals surface area contributed by atoms with Crippen LogP contribution in [0.1, 0.15) is 29.2 Å². The molecule has 1 heterocycles. The van der Waals surface area contributed by atoms with E-state index in [1.165, 1.54) is 4.90 Å². The van der Waals surface area contributed by atoms with Gasteiger partial charge >= 0.3 is 6.03 Å². The van der Waals surface area contributed by atoms with Gasteiger partial charge in [0.25, 0.3) is 5.91 Å². The molecule has 4 nitrogen and oxygen atoms in total. The van der Waals surface area contributed by atoms with E-state index < -0.39 is 5.54 Å². The number of amides is 3. The summed E-state index contributed by atoms with van der Waals surface area (Å²) in [5.74, 6) is -0.236. The highest BCUT2D eigenvalue weighted by Gasteiger charge is 2.49. The first-order valence-corrected chi connectivity index (χ1v) is 8.57. The van der Waals surface area contributed by atoms with Gasteiger partial charge in [-0.25, -0.2) is 4.79 Å². The van der Waals surface area contributed by atoms with Gasteiger partial charge in [0.05, 0.1) is 6.54 Å². The van der Waals surface area contributed by atoms with E-state index in [0.717, 1.165) is 26.7 Å². The molecular formula is C19H19BrN2O2. The Balaban J connectivity index is 1.95. The lowest BCUT2D eigenvalue weighted by atomic mass is 9.92. The number of carbonyl (C=O) groups is 2. The van der Waals surface area contributed by atoms with Gasteiger partial charge in [0.1, 0.15) is 5.54 Å². The fraction of sp³-hybridized carbons (Fsp3) is 0.263. The Kier molecular flexibility index (Phi) is 4.22. The molecule has 2 aromatic carbocycles. The molecule has 1 N–H and O–H groups in total. The Morgan fingerprint density at radius 2 is 1.83 bits per heavy atom. The van der Waals surface area contributed by atoms with E-state index in [9.17, 15) is 9.59 Å². The number of halogens is 1. The van der Waals surface area contributed by atoms with Crippen LogP contribution in [0.4, 0.5) is 4.79 Å². The van der Waals surface area contributed by atoms with Crippen LogP contribution in [0.25, 0.3) is 0 Å². The zero-order valence-electron chi connectivity index (χ0n) is 13.9. The van der Waals surface area contributed by atoms with Gasteiger partial charge in [-0.3, -0.25) is 9.69 Å². The zero-order chi connectivity index (χ0) is 17.5. The van der Waals surface area contributed by atoms with Gasteiger partial charge in [0, 0.05) is 10.0 Å². The number of urea groups is 1. The molecule has 0 saturated carbocycles. The molecule has 24 heavy (non-hydrogen) atoms. The summed E-state index contributed by atoms with van der Waals surface area (Å²) in [5.41, 5.74) is 2.85. The Labute approximate surface area is 150 Å². The molecule has 124 valence electrons. The number of aryl methyl sites for hydroxylation is 2. The summed E-state index contributed by atoms with van der Waals surface area (Å²) in [6.07, 6.45) is 0. The summed E-state index contributed by atoms with van der Waals surface area (Å²) in [5, 5.41) is 2.85. The molecule has 3 rings (SSSR count). The van der Waals surface area contributed by atoms with Crippen LogP contribution < -0.4 is 5.32 Å². The van der Waals surface area contributed by atoms with E-state index in [0.29, 0.717) is 0 Å². The molecule has 1 aliphatic rings. The van der Waals surface area contributed by atoms with Crippen LogP contribution in [-0.2, 0) is 16.9 Å². The van der Waals surface area contributed by atoms with E-state index in [-0.39, 0.29) is 18.5 Å². The van der Waals surface area contributed by atoms with Gasteiger partial charge in [-0.1, -0.05) is 57.9 Å². The van der Waals surface area contributed by atoms with E-state index in [1.807, 2.05) is 56.3 Å².